The standard InChI is InChI=1S/C40H40O21/c1-54-25-10-17(2-8-22(25)43)3-9-30(46)55-15-27-32(48)35(51)37(53)40(61-27)59-26-13-21-23(57-38(26)18-4-6-19(41)7-5-18)11-20(42)12-24(21)58-39-36(52)34(50)33(49)28(60-39)16-56-31(47)14-29(44)45/h2-13,27-28,32-37,39-40,48-53H,14-16H2,1H3,(H3-,41,42,43,44,45,46)/p+1. The molecule has 0 spiro atoms. The zero-order valence-corrected chi connectivity index (χ0v) is 31.8. The highest BCUT2D eigenvalue weighted by molar-refractivity contribution is 5.90. The van der Waals surface area contributed by atoms with Crippen molar-refractivity contribution in [2.45, 2.75) is 67.8 Å². The molecule has 0 saturated carbocycles. The van der Waals surface area contributed by atoms with Gasteiger partial charge in [-0.05, 0) is 48.0 Å². The maximum Gasteiger partial charge on any atom is 0.402 e. The Hall–Kier alpha value is -6.30. The van der Waals surface area contributed by atoms with Gasteiger partial charge in [-0.25, -0.2) is 9.21 Å². The zero-order valence-electron chi connectivity index (χ0n) is 31.8. The van der Waals surface area contributed by atoms with Crippen LogP contribution in [0.1, 0.15) is 12.0 Å². The third-order valence-electron chi connectivity index (χ3n) is 9.46. The van der Waals surface area contributed by atoms with Crippen LogP contribution in [0.3, 0.4) is 0 Å². The Kier molecular flexibility index (Phi) is 13.8. The van der Waals surface area contributed by atoms with Crippen LogP contribution in [0.15, 0.2) is 71.2 Å². The fraction of sp³-hybridized carbons (Fsp3) is 0.350. The number of methoxy groups -OCH3 is 1. The average Bonchev–Trinajstić information content (AvgIpc) is 3.22. The molecule has 3 aromatic carbocycles. The van der Waals surface area contributed by atoms with Crippen LogP contribution < -0.4 is 14.2 Å². The molecular formula is C40H41O21+. The summed E-state index contributed by atoms with van der Waals surface area (Å²) in [7, 11) is 1.35. The summed E-state index contributed by atoms with van der Waals surface area (Å²) in [5, 5.41) is 104. The van der Waals surface area contributed by atoms with Crippen LogP contribution in [0.2, 0.25) is 0 Å². The van der Waals surface area contributed by atoms with Crippen LogP contribution in [0.25, 0.3) is 28.4 Å². The second kappa shape index (κ2) is 19.0. The van der Waals surface area contributed by atoms with Gasteiger partial charge < -0.3 is 84.2 Å². The van der Waals surface area contributed by atoms with Gasteiger partial charge in [-0.15, -0.1) is 0 Å². The number of aliphatic carboxylic acids is 1. The fourth-order valence-electron chi connectivity index (χ4n) is 6.25. The topological polar surface area (TPSA) is 329 Å². The van der Waals surface area contributed by atoms with E-state index in [1.807, 2.05) is 0 Å². The Morgan fingerprint density at radius 3 is 1.90 bits per heavy atom. The van der Waals surface area contributed by atoms with E-state index in [9.17, 15) is 60.3 Å². The van der Waals surface area contributed by atoms with Crippen molar-refractivity contribution in [2.75, 3.05) is 20.3 Å². The lowest BCUT2D eigenvalue weighted by molar-refractivity contribution is -0.278. The summed E-state index contributed by atoms with van der Waals surface area (Å²) in [5.41, 5.74) is 0.639. The number of ether oxygens (including phenoxy) is 7. The van der Waals surface area contributed by atoms with Crippen molar-refractivity contribution in [2.24, 2.45) is 0 Å². The molecule has 326 valence electrons. The molecule has 2 fully saturated rings. The number of hydrogen-bond donors (Lipinski definition) is 10. The molecule has 0 amide bonds. The second-order valence-electron chi connectivity index (χ2n) is 13.8. The lowest BCUT2D eigenvalue weighted by Crippen LogP contribution is -2.60. The Labute approximate surface area is 343 Å². The molecular weight excluding hydrogens is 816 g/mol. The molecule has 2 aliphatic rings. The number of benzene rings is 3. The predicted octanol–water partition coefficient (Wildman–Crippen LogP) is 0.154. The molecule has 10 unspecified atom stereocenters. The summed E-state index contributed by atoms with van der Waals surface area (Å²) < 4.78 is 44.6. The van der Waals surface area contributed by atoms with Crippen molar-refractivity contribution in [3.63, 3.8) is 0 Å². The van der Waals surface area contributed by atoms with E-state index >= 15 is 0 Å². The number of phenols is 3. The first-order valence-corrected chi connectivity index (χ1v) is 18.3. The number of aliphatic hydroxyl groups excluding tert-OH is 6. The molecule has 3 heterocycles. The molecule has 6 rings (SSSR count). The average molecular weight is 858 g/mol. The number of phenolic OH excluding ortho intramolecular Hbond substituents is 3. The summed E-state index contributed by atoms with van der Waals surface area (Å²) >= 11 is 0. The molecule has 10 atom stereocenters. The van der Waals surface area contributed by atoms with Crippen molar-refractivity contribution < 1.29 is 103 Å². The SMILES string of the molecule is COc1cc(C=CC(=O)OCC2OC(Oc3cc4c(OC5OC(COC(=O)CC(=O)O)C(O)C(O)C5O)cc(O)cc4[o+]c3-c3ccc(O)cc3)C(O)C(O)C2O)ccc1O. The van der Waals surface area contributed by atoms with Crippen molar-refractivity contribution >= 4 is 35.0 Å². The highest BCUT2D eigenvalue weighted by Crippen LogP contribution is 2.42. The monoisotopic (exact) mass is 857 g/mol. The minimum Gasteiger partial charge on any atom is -0.508 e. The van der Waals surface area contributed by atoms with Crippen LogP contribution in [-0.2, 0) is 33.3 Å². The van der Waals surface area contributed by atoms with Crippen molar-refractivity contribution in [3.8, 4) is 45.8 Å². The molecule has 2 aliphatic heterocycles. The number of carboxylic acid groups (broad SMARTS) is 1. The van der Waals surface area contributed by atoms with Crippen molar-refractivity contribution in [1.82, 2.24) is 0 Å². The summed E-state index contributed by atoms with van der Waals surface area (Å²) in [6, 6.07) is 13.3. The fourth-order valence-corrected chi connectivity index (χ4v) is 6.25. The van der Waals surface area contributed by atoms with E-state index in [4.69, 9.17) is 42.7 Å². The quantitative estimate of drug-likeness (QED) is 0.0349. The highest BCUT2D eigenvalue weighted by Gasteiger charge is 2.48. The molecule has 1 aromatic heterocycles. The third kappa shape index (κ3) is 10.4. The van der Waals surface area contributed by atoms with Crippen molar-refractivity contribution in [1.29, 1.82) is 0 Å². The van der Waals surface area contributed by atoms with Gasteiger partial charge >= 0.3 is 29.3 Å². The second-order valence-corrected chi connectivity index (χ2v) is 13.8. The normalized spacial score (nSPS) is 26.4. The van der Waals surface area contributed by atoms with Gasteiger partial charge in [-0.3, -0.25) is 9.59 Å². The molecule has 21 heteroatoms. The lowest BCUT2D eigenvalue weighted by atomic mass is 9.99. The molecule has 21 nitrogen and oxygen atoms in total. The van der Waals surface area contributed by atoms with Crippen LogP contribution in [0, 0.1) is 0 Å². The van der Waals surface area contributed by atoms with Crippen LogP contribution in [-0.4, -0.2) is 151 Å². The van der Waals surface area contributed by atoms with Gasteiger partial charge in [0.05, 0.1) is 18.7 Å². The van der Waals surface area contributed by atoms with E-state index in [1.54, 1.807) is 0 Å². The number of carbonyl (C=O) groups is 3. The highest BCUT2D eigenvalue weighted by atomic mass is 16.7. The number of aromatic hydroxyl groups is 3. The number of carboxylic acids is 1. The van der Waals surface area contributed by atoms with Gasteiger partial charge in [0.2, 0.25) is 18.3 Å². The van der Waals surface area contributed by atoms with Crippen LogP contribution in [0.5, 0.6) is 34.5 Å². The number of hydrogen-bond acceptors (Lipinski definition) is 19. The molecule has 2 saturated heterocycles. The Morgan fingerprint density at radius 2 is 1.30 bits per heavy atom. The first-order valence-electron chi connectivity index (χ1n) is 18.3. The predicted molar refractivity (Wildman–Crippen MR) is 202 cm³/mol. The smallest absolute Gasteiger partial charge is 0.402 e. The van der Waals surface area contributed by atoms with Gasteiger partial charge in [0.1, 0.15) is 91.1 Å². The number of rotatable bonds is 14. The Bertz CT molecular complexity index is 2240. The van der Waals surface area contributed by atoms with Gasteiger partial charge in [0.15, 0.2) is 11.5 Å². The lowest BCUT2D eigenvalue weighted by Gasteiger charge is -2.40. The number of aliphatic hydroxyl groups is 6. The molecule has 0 radical (unpaired) electrons. The maximum absolute atomic E-state index is 12.6. The van der Waals surface area contributed by atoms with E-state index in [2.05, 4.69) is 0 Å². The zero-order chi connectivity index (χ0) is 44.1. The molecule has 4 aromatic rings. The van der Waals surface area contributed by atoms with E-state index in [-0.39, 0.29) is 51.0 Å². The van der Waals surface area contributed by atoms with Gasteiger partial charge in [-0.1, -0.05) is 6.07 Å². The van der Waals surface area contributed by atoms with Gasteiger partial charge in [0, 0.05) is 18.2 Å². The third-order valence-corrected chi connectivity index (χ3v) is 9.46. The van der Waals surface area contributed by atoms with E-state index in [0.717, 1.165) is 12.1 Å². The summed E-state index contributed by atoms with van der Waals surface area (Å²) in [5.74, 6) is -4.71. The van der Waals surface area contributed by atoms with Gasteiger partial charge in [0.25, 0.3) is 0 Å². The van der Waals surface area contributed by atoms with E-state index in [0.29, 0.717) is 5.56 Å². The minimum atomic E-state index is -1.95. The largest absolute Gasteiger partial charge is 0.508 e. The van der Waals surface area contributed by atoms with Crippen LogP contribution in [0.4, 0.5) is 0 Å². The number of fused-ring (bicyclic) bond motifs is 1. The first kappa shape index (κ1) is 44.3. The molecule has 0 aliphatic carbocycles. The summed E-state index contributed by atoms with van der Waals surface area (Å²) in [6.07, 6.45) is -16.5. The summed E-state index contributed by atoms with van der Waals surface area (Å²) in [6.45, 7) is -1.39. The first-order chi connectivity index (χ1) is 29.0. The summed E-state index contributed by atoms with van der Waals surface area (Å²) in [4.78, 5) is 35.3. The van der Waals surface area contributed by atoms with E-state index in [1.165, 1.54) is 67.8 Å². The number of esters is 2. The molecule has 61 heavy (non-hydrogen) atoms. The van der Waals surface area contributed by atoms with Crippen LogP contribution >= 0.6 is 0 Å². The Morgan fingerprint density at radius 1 is 0.689 bits per heavy atom. The Balaban J connectivity index is 1.27. The minimum absolute atomic E-state index is 0.0226. The molecule has 10 N–H and O–H groups in total. The number of carbonyl (C=O) groups excluding carboxylic acids is 2. The molecule has 0 bridgehead atoms. The van der Waals surface area contributed by atoms with Crippen molar-refractivity contribution in [3.05, 3.63) is 72.3 Å². The van der Waals surface area contributed by atoms with Gasteiger partial charge in [-0.2, -0.15) is 0 Å². The maximum atomic E-state index is 12.6. The van der Waals surface area contributed by atoms with E-state index < -0.39 is 105 Å².